The zero-order valence-electron chi connectivity index (χ0n) is 14.4. The largest absolute Gasteiger partial charge is 0.489 e. The summed E-state index contributed by atoms with van der Waals surface area (Å²) in [6.07, 6.45) is 0.784. The monoisotopic (exact) mass is 393 g/mol. The lowest BCUT2D eigenvalue weighted by molar-refractivity contribution is -0.115. The van der Waals surface area contributed by atoms with E-state index in [0.29, 0.717) is 29.7 Å². The number of hydrogen-bond donors (Lipinski definition) is 0. The van der Waals surface area contributed by atoms with E-state index in [1.54, 1.807) is 19.2 Å². The molecular weight excluding hydrogens is 374 g/mol. The van der Waals surface area contributed by atoms with Crippen molar-refractivity contribution >= 4 is 34.0 Å². The van der Waals surface area contributed by atoms with Crippen LogP contribution in [-0.4, -0.2) is 36.1 Å². The van der Waals surface area contributed by atoms with Gasteiger partial charge in [-0.1, -0.05) is 29.8 Å². The SMILES string of the molecule is CN(C(=O)C[S@@](=O)Cc1cc(Cl)c2c(c1)OCCCO2)c1ccccc1. The average Bonchev–Trinajstić information content (AvgIpc) is 2.87. The van der Waals surface area contributed by atoms with Gasteiger partial charge in [0.25, 0.3) is 0 Å². The van der Waals surface area contributed by atoms with Crippen LogP contribution in [0, 0.1) is 0 Å². The van der Waals surface area contributed by atoms with Gasteiger partial charge in [0.2, 0.25) is 5.91 Å². The first kappa shape index (κ1) is 18.7. The van der Waals surface area contributed by atoms with Gasteiger partial charge >= 0.3 is 0 Å². The molecule has 1 aliphatic rings. The number of anilines is 1. The van der Waals surface area contributed by atoms with Crippen LogP contribution in [0.15, 0.2) is 42.5 Å². The van der Waals surface area contributed by atoms with Crippen molar-refractivity contribution in [1.82, 2.24) is 0 Å². The third-order valence-corrected chi connectivity index (χ3v) is 5.50. The average molecular weight is 394 g/mol. The Bertz CT molecular complexity index is 813. The van der Waals surface area contributed by atoms with Crippen LogP contribution < -0.4 is 14.4 Å². The maximum atomic E-state index is 12.5. The second kappa shape index (κ2) is 8.56. The van der Waals surface area contributed by atoms with Gasteiger partial charge in [-0.05, 0) is 29.8 Å². The van der Waals surface area contributed by atoms with Crippen LogP contribution in [0.2, 0.25) is 5.02 Å². The van der Waals surface area contributed by atoms with Gasteiger partial charge in [-0.25, -0.2) is 0 Å². The summed E-state index contributed by atoms with van der Waals surface area (Å²) in [6.45, 7) is 1.11. The molecule has 3 rings (SSSR count). The maximum absolute atomic E-state index is 12.5. The number of benzene rings is 2. The van der Waals surface area contributed by atoms with Crippen molar-refractivity contribution < 1.29 is 18.5 Å². The van der Waals surface area contributed by atoms with Crippen molar-refractivity contribution in [3.63, 3.8) is 0 Å². The normalized spacial score (nSPS) is 14.4. The number of para-hydroxylation sites is 1. The number of halogens is 1. The van der Waals surface area contributed by atoms with Gasteiger partial charge in [-0.3, -0.25) is 9.00 Å². The van der Waals surface area contributed by atoms with Crippen LogP contribution in [0.5, 0.6) is 11.5 Å². The predicted octanol–water partition coefficient (Wildman–Crippen LogP) is 3.41. The van der Waals surface area contributed by atoms with Crippen molar-refractivity contribution in [3.05, 3.63) is 53.1 Å². The van der Waals surface area contributed by atoms with Gasteiger partial charge in [-0.2, -0.15) is 0 Å². The summed E-state index contributed by atoms with van der Waals surface area (Å²) in [5.74, 6) is 1.06. The highest BCUT2D eigenvalue weighted by Crippen LogP contribution is 2.38. The molecule has 138 valence electrons. The number of fused-ring (bicyclic) bond motifs is 1. The highest BCUT2D eigenvalue weighted by Gasteiger charge is 2.18. The van der Waals surface area contributed by atoms with Crippen LogP contribution in [0.25, 0.3) is 0 Å². The lowest BCUT2D eigenvalue weighted by Gasteiger charge is -2.17. The molecule has 0 fully saturated rings. The van der Waals surface area contributed by atoms with E-state index in [1.165, 1.54) is 4.90 Å². The van der Waals surface area contributed by atoms with Crippen LogP contribution in [0.3, 0.4) is 0 Å². The van der Waals surface area contributed by atoms with Gasteiger partial charge in [0.15, 0.2) is 11.5 Å². The van der Waals surface area contributed by atoms with E-state index in [4.69, 9.17) is 21.1 Å². The van der Waals surface area contributed by atoms with Crippen molar-refractivity contribution in [1.29, 1.82) is 0 Å². The number of amides is 1. The molecule has 0 aliphatic carbocycles. The zero-order valence-corrected chi connectivity index (χ0v) is 16.0. The minimum absolute atomic E-state index is 0.0581. The number of hydrogen-bond acceptors (Lipinski definition) is 4. The summed E-state index contributed by atoms with van der Waals surface area (Å²) in [4.78, 5) is 13.9. The zero-order chi connectivity index (χ0) is 18.5. The molecule has 7 heteroatoms. The van der Waals surface area contributed by atoms with E-state index in [0.717, 1.165) is 17.7 Å². The molecule has 0 saturated carbocycles. The van der Waals surface area contributed by atoms with Gasteiger partial charge in [0, 0.05) is 35.7 Å². The van der Waals surface area contributed by atoms with Crippen molar-refractivity contribution in [2.75, 3.05) is 30.9 Å². The summed E-state index contributed by atoms with van der Waals surface area (Å²) >= 11 is 6.26. The minimum Gasteiger partial charge on any atom is -0.489 e. The summed E-state index contributed by atoms with van der Waals surface area (Å²) < 4.78 is 23.7. The molecule has 0 aromatic heterocycles. The highest BCUT2D eigenvalue weighted by atomic mass is 35.5. The maximum Gasteiger partial charge on any atom is 0.239 e. The molecule has 2 aromatic rings. The molecule has 0 saturated heterocycles. The van der Waals surface area contributed by atoms with E-state index >= 15 is 0 Å². The van der Waals surface area contributed by atoms with Gasteiger partial charge in [-0.15, -0.1) is 0 Å². The fourth-order valence-electron chi connectivity index (χ4n) is 2.63. The molecule has 0 radical (unpaired) electrons. The summed E-state index contributed by atoms with van der Waals surface area (Å²) in [5.41, 5.74) is 1.53. The van der Waals surface area contributed by atoms with E-state index in [-0.39, 0.29) is 17.4 Å². The van der Waals surface area contributed by atoms with E-state index in [1.807, 2.05) is 30.3 Å². The first-order valence-corrected chi connectivity index (χ1v) is 10.2. The topological polar surface area (TPSA) is 55.8 Å². The van der Waals surface area contributed by atoms with Gasteiger partial charge in [0.05, 0.1) is 18.2 Å². The quantitative estimate of drug-likeness (QED) is 0.781. The Labute approximate surface area is 160 Å². The van der Waals surface area contributed by atoms with E-state index in [2.05, 4.69) is 0 Å². The van der Waals surface area contributed by atoms with Gasteiger partial charge in [0.1, 0.15) is 5.75 Å². The molecule has 5 nitrogen and oxygen atoms in total. The van der Waals surface area contributed by atoms with Crippen molar-refractivity contribution in [3.8, 4) is 11.5 Å². The molecule has 1 amide bonds. The molecular formula is C19H20ClNO4S. The molecule has 26 heavy (non-hydrogen) atoms. The number of rotatable bonds is 5. The first-order valence-electron chi connectivity index (χ1n) is 8.29. The fourth-order valence-corrected chi connectivity index (χ4v) is 4.03. The van der Waals surface area contributed by atoms with E-state index < -0.39 is 10.8 Å². The molecule has 0 bridgehead atoms. The smallest absolute Gasteiger partial charge is 0.239 e. The number of nitrogens with zero attached hydrogens (tertiary/aromatic N) is 1. The number of ether oxygens (including phenoxy) is 2. The third kappa shape index (κ3) is 4.56. The summed E-state index contributed by atoms with van der Waals surface area (Å²) in [5, 5.41) is 0.434. The Hall–Kier alpha value is -2.05. The Kier molecular flexibility index (Phi) is 6.16. The third-order valence-electron chi connectivity index (χ3n) is 3.99. The minimum atomic E-state index is -1.36. The lowest BCUT2D eigenvalue weighted by Crippen LogP contribution is -2.30. The molecule has 0 unspecified atom stereocenters. The van der Waals surface area contributed by atoms with E-state index in [9.17, 15) is 9.00 Å². The van der Waals surface area contributed by atoms with Crippen LogP contribution in [0.4, 0.5) is 5.69 Å². The molecule has 2 aromatic carbocycles. The summed E-state index contributed by atoms with van der Waals surface area (Å²) in [6, 6.07) is 12.8. The second-order valence-corrected chi connectivity index (χ2v) is 7.84. The van der Waals surface area contributed by atoms with Crippen molar-refractivity contribution in [2.24, 2.45) is 0 Å². The second-order valence-electron chi connectivity index (χ2n) is 5.97. The molecule has 1 heterocycles. The van der Waals surface area contributed by atoms with Crippen LogP contribution >= 0.6 is 11.6 Å². The fraction of sp³-hybridized carbons (Fsp3) is 0.316. The number of carbonyl (C=O) groups is 1. The molecule has 0 spiro atoms. The molecule has 1 aliphatic heterocycles. The summed E-state index contributed by atoms with van der Waals surface area (Å²) in [7, 11) is 0.325. The Morgan fingerprint density at radius 3 is 2.69 bits per heavy atom. The van der Waals surface area contributed by atoms with Crippen LogP contribution in [0.1, 0.15) is 12.0 Å². The predicted molar refractivity (Wildman–Crippen MR) is 104 cm³/mol. The number of carbonyl (C=O) groups excluding carboxylic acids is 1. The Balaban J connectivity index is 1.66. The van der Waals surface area contributed by atoms with Crippen LogP contribution in [-0.2, 0) is 21.3 Å². The first-order chi connectivity index (χ1) is 12.5. The molecule has 1 atom stereocenters. The van der Waals surface area contributed by atoms with Crippen molar-refractivity contribution in [2.45, 2.75) is 12.2 Å². The molecule has 0 N–H and O–H groups in total. The Morgan fingerprint density at radius 2 is 1.92 bits per heavy atom. The standard InChI is InChI=1S/C19H20ClNO4S/c1-21(15-6-3-2-4-7-15)18(22)13-26(23)12-14-10-16(20)19-17(11-14)24-8-5-9-25-19/h2-4,6-7,10-11H,5,8-9,12-13H2,1H3/t26-/m0/s1. The highest BCUT2D eigenvalue weighted by molar-refractivity contribution is 7.84. The van der Waals surface area contributed by atoms with Gasteiger partial charge < -0.3 is 14.4 Å². The Morgan fingerprint density at radius 1 is 1.19 bits per heavy atom. The lowest BCUT2D eigenvalue weighted by atomic mass is 10.2.